The van der Waals surface area contributed by atoms with Gasteiger partial charge < -0.3 is 19.5 Å². The quantitative estimate of drug-likeness (QED) is 0.756. The second-order valence-electron chi connectivity index (χ2n) is 6.42. The van der Waals surface area contributed by atoms with Crippen molar-refractivity contribution in [2.24, 2.45) is 0 Å². The summed E-state index contributed by atoms with van der Waals surface area (Å²) in [6.45, 7) is 9.08. The zero-order valence-electron chi connectivity index (χ0n) is 16.0. The van der Waals surface area contributed by atoms with Gasteiger partial charge in [-0.05, 0) is 67.6 Å². The fourth-order valence-corrected chi connectivity index (χ4v) is 3.37. The Labute approximate surface area is 156 Å². The Morgan fingerprint density at radius 2 is 1.62 bits per heavy atom. The molecule has 2 aromatic rings. The predicted molar refractivity (Wildman–Crippen MR) is 105 cm³/mol. The maximum atomic E-state index is 5.83. The van der Waals surface area contributed by atoms with Crippen molar-refractivity contribution in [1.29, 1.82) is 0 Å². The molecule has 0 saturated heterocycles. The smallest absolute Gasteiger partial charge is 0.161 e. The molecule has 0 aromatic heterocycles. The maximum absolute atomic E-state index is 5.83. The van der Waals surface area contributed by atoms with Crippen LogP contribution < -0.4 is 19.5 Å². The average molecular weight is 355 g/mol. The third-order valence-corrected chi connectivity index (χ3v) is 4.55. The number of hydrogen-bond donors (Lipinski definition) is 1. The molecule has 0 fully saturated rings. The van der Waals surface area contributed by atoms with Crippen molar-refractivity contribution in [3.63, 3.8) is 0 Å². The highest BCUT2D eigenvalue weighted by atomic mass is 16.5. The van der Waals surface area contributed by atoms with Crippen LogP contribution in [0.2, 0.25) is 0 Å². The molecular formula is C22H29NO3. The number of benzene rings is 2. The summed E-state index contributed by atoms with van der Waals surface area (Å²) in [4.78, 5) is 0. The number of rotatable bonds is 8. The molecule has 4 heteroatoms. The molecule has 1 heterocycles. The lowest BCUT2D eigenvalue weighted by molar-refractivity contribution is 0.286. The predicted octanol–water partition coefficient (Wildman–Crippen LogP) is 4.51. The molecule has 0 saturated carbocycles. The standard InChI is InChI=1S/C22H29NO3/c1-4-13-26-18-9-7-16(8-10-18)22-19-15-21(25-6-3)20(24-5-2)14-17(19)11-12-23-22/h7-10,14-15,22-23H,4-6,11-13H2,1-3H3. The molecule has 3 rings (SSSR count). The monoisotopic (exact) mass is 355 g/mol. The van der Waals surface area contributed by atoms with Crippen molar-refractivity contribution in [3.05, 3.63) is 53.1 Å². The zero-order chi connectivity index (χ0) is 18.4. The molecule has 1 unspecified atom stereocenters. The molecule has 2 aromatic carbocycles. The first kappa shape index (κ1) is 18.6. The van der Waals surface area contributed by atoms with E-state index in [1.54, 1.807) is 0 Å². The summed E-state index contributed by atoms with van der Waals surface area (Å²) in [5, 5.41) is 3.64. The molecule has 0 radical (unpaired) electrons. The van der Waals surface area contributed by atoms with Crippen LogP contribution in [-0.2, 0) is 6.42 Å². The molecule has 140 valence electrons. The van der Waals surface area contributed by atoms with Gasteiger partial charge in [-0.1, -0.05) is 19.1 Å². The minimum Gasteiger partial charge on any atom is -0.494 e. The van der Waals surface area contributed by atoms with Crippen LogP contribution in [0.3, 0.4) is 0 Å². The van der Waals surface area contributed by atoms with Crippen LogP contribution in [0.4, 0.5) is 0 Å². The SMILES string of the molecule is CCCOc1ccc(C2NCCc3cc(OCC)c(OCC)cc32)cc1. The summed E-state index contributed by atoms with van der Waals surface area (Å²) in [5.41, 5.74) is 3.83. The summed E-state index contributed by atoms with van der Waals surface area (Å²) in [5.74, 6) is 2.59. The Hall–Kier alpha value is -2.20. The van der Waals surface area contributed by atoms with Crippen molar-refractivity contribution < 1.29 is 14.2 Å². The van der Waals surface area contributed by atoms with Crippen molar-refractivity contribution in [2.75, 3.05) is 26.4 Å². The highest BCUT2D eigenvalue weighted by molar-refractivity contribution is 5.52. The van der Waals surface area contributed by atoms with Gasteiger partial charge in [0.05, 0.1) is 25.9 Å². The third-order valence-electron chi connectivity index (χ3n) is 4.55. The van der Waals surface area contributed by atoms with E-state index in [1.165, 1.54) is 16.7 Å². The van der Waals surface area contributed by atoms with E-state index in [0.29, 0.717) is 13.2 Å². The van der Waals surface area contributed by atoms with E-state index in [2.05, 4.69) is 48.6 Å². The highest BCUT2D eigenvalue weighted by Gasteiger charge is 2.24. The van der Waals surface area contributed by atoms with Crippen LogP contribution in [0.25, 0.3) is 0 Å². The van der Waals surface area contributed by atoms with Crippen molar-refractivity contribution in [3.8, 4) is 17.2 Å². The fraction of sp³-hybridized carbons (Fsp3) is 0.455. The summed E-state index contributed by atoms with van der Waals surface area (Å²) < 4.78 is 17.3. The topological polar surface area (TPSA) is 39.7 Å². The lowest BCUT2D eigenvalue weighted by Gasteiger charge is -2.29. The van der Waals surface area contributed by atoms with Gasteiger partial charge in [0.15, 0.2) is 11.5 Å². The van der Waals surface area contributed by atoms with Crippen molar-refractivity contribution in [2.45, 2.75) is 39.7 Å². The van der Waals surface area contributed by atoms with Gasteiger partial charge in [0.25, 0.3) is 0 Å². The van der Waals surface area contributed by atoms with E-state index in [1.807, 2.05) is 13.8 Å². The van der Waals surface area contributed by atoms with Gasteiger partial charge in [-0.15, -0.1) is 0 Å². The van der Waals surface area contributed by atoms with Crippen LogP contribution >= 0.6 is 0 Å². The first-order chi connectivity index (χ1) is 12.8. The first-order valence-corrected chi connectivity index (χ1v) is 9.65. The molecule has 1 aliphatic heterocycles. The average Bonchev–Trinajstić information content (AvgIpc) is 2.67. The number of hydrogen-bond acceptors (Lipinski definition) is 4. The normalized spacial score (nSPS) is 16.0. The molecule has 1 aliphatic rings. The Kier molecular flexibility index (Phi) is 6.40. The van der Waals surface area contributed by atoms with Crippen LogP contribution in [0.5, 0.6) is 17.2 Å². The molecule has 0 aliphatic carbocycles. The van der Waals surface area contributed by atoms with E-state index >= 15 is 0 Å². The summed E-state index contributed by atoms with van der Waals surface area (Å²) in [7, 11) is 0. The Morgan fingerprint density at radius 1 is 0.923 bits per heavy atom. The minimum absolute atomic E-state index is 0.161. The van der Waals surface area contributed by atoms with E-state index in [4.69, 9.17) is 14.2 Å². The van der Waals surface area contributed by atoms with Crippen LogP contribution in [0.15, 0.2) is 36.4 Å². The van der Waals surface area contributed by atoms with Gasteiger partial charge in [0.2, 0.25) is 0 Å². The van der Waals surface area contributed by atoms with Crippen molar-refractivity contribution >= 4 is 0 Å². The number of nitrogens with one attached hydrogen (secondary N) is 1. The van der Waals surface area contributed by atoms with Gasteiger partial charge in [0.1, 0.15) is 5.75 Å². The molecule has 26 heavy (non-hydrogen) atoms. The first-order valence-electron chi connectivity index (χ1n) is 9.65. The largest absolute Gasteiger partial charge is 0.494 e. The lowest BCUT2D eigenvalue weighted by atomic mass is 9.89. The summed E-state index contributed by atoms with van der Waals surface area (Å²) in [6.07, 6.45) is 2.01. The zero-order valence-corrected chi connectivity index (χ0v) is 16.0. The molecule has 1 N–H and O–H groups in total. The minimum atomic E-state index is 0.161. The van der Waals surface area contributed by atoms with Crippen LogP contribution in [0.1, 0.15) is 49.9 Å². The third kappa shape index (κ3) is 4.13. The number of fused-ring (bicyclic) bond motifs is 1. The fourth-order valence-electron chi connectivity index (χ4n) is 3.37. The Bertz CT molecular complexity index is 712. The second-order valence-corrected chi connectivity index (χ2v) is 6.42. The molecule has 0 amide bonds. The van der Waals surface area contributed by atoms with Gasteiger partial charge in [0, 0.05) is 6.54 Å². The van der Waals surface area contributed by atoms with E-state index in [0.717, 1.165) is 43.2 Å². The van der Waals surface area contributed by atoms with Gasteiger partial charge in [-0.2, -0.15) is 0 Å². The lowest BCUT2D eigenvalue weighted by Crippen LogP contribution is -2.30. The van der Waals surface area contributed by atoms with Gasteiger partial charge in [-0.25, -0.2) is 0 Å². The maximum Gasteiger partial charge on any atom is 0.161 e. The van der Waals surface area contributed by atoms with Crippen LogP contribution in [-0.4, -0.2) is 26.4 Å². The molecule has 4 nitrogen and oxygen atoms in total. The van der Waals surface area contributed by atoms with Crippen molar-refractivity contribution in [1.82, 2.24) is 5.32 Å². The molecule has 1 atom stereocenters. The highest BCUT2D eigenvalue weighted by Crippen LogP contribution is 2.38. The molecule has 0 bridgehead atoms. The Balaban J connectivity index is 1.90. The van der Waals surface area contributed by atoms with Crippen LogP contribution in [0, 0.1) is 0 Å². The number of ether oxygens (including phenoxy) is 3. The van der Waals surface area contributed by atoms with E-state index in [-0.39, 0.29) is 6.04 Å². The summed E-state index contributed by atoms with van der Waals surface area (Å²) in [6, 6.07) is 12.9. The molecule has 0 spiro atoms. The van der Waals surface area contributed by atoms with Gasteiger partial charge >= 0.3 is 0 Å². The van der Waals surface area contributed by atoms with E-state index < -0.39 is 0 Å². The van der Waals surface area contributed by atoms with Gasteiger partial charge in [-0.3, -0.25) is 0 Å². The van der Waals surface area contributed by atoms with E-state index in [9.17, 15) is 0 Å². The second kappa shape index (κ2) is 8.95. The molecular weight excluding hydrogens is 326 g/mol. The Morgan fingerprint density at radius 3 is 2.27 bits per heavy atom. The summed E-state index contributed by atoms with van der Waals surface area (Å²) >= 11 is 0.